The molecule has 0 atom stereocenters. The zero-order valence-corrected chi connectivity index (χ0v) is 12.2. The van der Waals surface area contributed by atoms with Gasteiger partial charge in [-0.3, -0.25) is 0 Å². The van der Waals surface area contributed by atoms with E-state index < -0.39 is 10.0 Å². The molecule has 1 heterocycles. The molecular formula is C13H16N2O2S2. The Morgan fingerprint density at radius 1 is 1.21 bits per heavy atom. The van der Waals surface area contributed by atoms with Crippen LogP contribution in [0, 0.1) is 0 Å². The highest BCUT2D eigenvalue weighted by Crippen LogP contribution is 2.21. The van der Waals surface area contributed by atoms with E-state index >= 15 is 0 Å². The van der Waals surface area contributed by atoms with Crippen LogP contribution in [0.5, 0.6) is 0 Å². The second-order valence-corrected chi connectivity index (χ2v) is 7.10. The number of aryl methyl sites for hydroxylation is 1. The minimum absolute atomic E-state index is 0.246. The van der Waals surface area contributed by atoms with Crippen LogP contribution in [0.2, 0.25) is 0 Å². The van der Waals surface area contributed by atoms with Gasteiger partial charge in [0, 0.05) is 17.6 Å². The number of anilines is 1. The SMILES string of the molecule is CCc1ccc(CNS(=O)(=O)c2cc(N)cs2)cc1. The third-order valence-electron chi connectivity index (χ3n) is 2.76. The number of nitrogens with two attached hydrogens (primary N) is 1. The molecule has 0 saturated heterocycles. The highest BCUT2D eigenvalue weighted by Gasteiger charge is 2.15. The molecule has 1 aromatic carbocycles. The number of nitrogen functional groups attached to an aromatic ring is 1. The summed E-state index contributed by atoms with van der Waals surface area (Å²) in [4.78, 5) is 0. The molecule has 0 saturated carbocycles. The van der Waals surface area contributed by atoms with E-state index in [1.165, 1.54) is 11.6 Å². The molecule has 2 rings (SSSR count). The van der Waals surface area contributed by atoms with Gasteiger partial charge in [0.1, 0.15) is 4.21 Å². The van der Waals surface area contributed by atoms with Crippen molar-refractivity contribution < 1.29 is 8.42 Å². The Bertz CT molecular complexity index is 646. The van der Waals surface area contributed by atoms with Crippen molar-refractivity contribution in [2.45, 2.75) is 24.1 Å². The van der Waals surface area contributed by atoms with Crippen molar-refractivity contribution >= 4 is 27.0 Å². The van der Waals surface area contributed by atoms with Gasteiger partial charge >= 0.3 is 0 Å². The summed E-state index contributed by atoms with van der Waals surface area (Å²) in [6.07, 6.45) is 0.973. The van der Waals surface area contributed by atoms with E-state index in [4.69, 9.17) is 5.73 Å². The van der Waals surface area contributed by atoms with Crippen molar-refractivity contribution in [3.8, 4) is 0 Å². The lowest BCUT2D eigenvalue weighted by atomic mass is 10.1. The molecule has 19 heavy (non-hydrogen) atoms. The Hall–Kier alpha value is -1.37. The molecule has 0 aliphatic heterocycles. The van der Waals surface area contributed by atoms with Crippen LogP contribution in [-0.4, -0.2) is 8.42 Å². The molecule has 0 fully saturated rings. The van der Waals surface area contributed by atoms with Crippen LogP contribution in [0.15, 0.2) is 39.9 Å². The van der Waals surface area contributed by atoms with Crippen molar-refractivity contribution in [2.75, 3.05) is 5.73 Å². The van der Waals surface area contributed by atoms with Gasteiger partial charge in [0.15, 0.2) is 0 Å². The highest BCUT2D eigenvalue weighted by atomic mass is 32.2. The average molecular weight is 296 g/mol. The van der Waals surface area contributed by atoms with Gasteiger partial charge in [0.2, 0.25) is 10.0 Å². The van der Waals surface area contributed by atoms with E-state index in [0.29, 0.717) is 5.69 Å². The normalized spacial score (nSPS) is 11.6. The first-order chi connectivity index (χ1) is 9.01. The number of hydrogen-bond donors (Lipinski definition) is 2. The third kappa shape index (κ3) is 3.56. The molecule has 0 spiro atoms. The molecule has 3 N–H and O–H groups in total. The zero-order valence-electron chi connectivity index (χ0n) is 10.6. The fraction of sp³-hybridized carbons (Fsp3) is 0.231. The molecule has 0 aliphatic carbocycles. The molecule has 0 unspecified atom stereocenters. The summed E-state index contributed by atoms with van der Waals surface area (Å²) in [5.74, 6) is 0. The van der Waals surface area contributed by atoms with Gasteiger partial charge in [-0.15, -0.1) is 11.3 Å². The van der Waals surface area contributed by atoms with Gasteiger partial charge in [-0.1, -0.05) is 31.2 Å². The maximum Gasteiger partial charge on any atom is 0.250 e. The van der Waals surface area contributed by atoms with Crippen molar-refractivity contribution in [3.05, 3.63) is 46.8 Å². The second kappa shape index (κ2) is 5.73. The van der Waals surface area contributed by atoms with Crippen LogP contribution in [-0.2, 0) is 23.0 Å². The Kier molecular flexibility index (Phi) is 4.24. The van der Waals surface area contributed by atoms with Gasteiger partial charge in [-0.25, -0.2) is 13.1 Å². The lowest BCUT2D eigenvalue weighted by Crippen LogP contribution is -2.22. The second-order valence-electron chi connectivity index (χ2n) is 4.19. The predicted molar refractivity (Wildman–Crippen MR) is 78.6 cm³/mol. The zero-order chi connectivity index (χ0) is 13.9. The summed E-state index contributed by atoms with van der Waals surface area (Å²) in [7, 11) is -3.46. The number of sulfonamides is 1. The van der Waals surface area contributed by atoms with Gasteiger partial charge in [0.25, 0.3) is 0 Å². The average Bonchev–Trinajstić information content (AvgIpc) is 2.85. The van der Waals surface area contributed by atoms with E-state index in [1.807, 2.05) is 24.3 Å². The standard InChI is InChI=1S/C13H16N2O2S2/c1-2-10-3-5-11(6-4-10)8-15-19(16,17)13-7-12(14)9-18-13/h3-7,9,15H,2,8,14H2,1H3. The smallest absolute Gasteiger partial charge is 0.250 e. The molecule has 102 valence electrons. The number of hydrogen-bond acceptors (Lipinski definition) is 4. The summed E-state index contributed by atoms with van der Waals surface area (Å²) in [6.45, 7) is 2.36. The Balaban J connectivity index is 2.05. The maximum absolute atomic E-state index is 12.0. The van der Waals surface area contributed by atoms with Crippen LogP contribution in [0.4, 0.5) is 5.69 Å². The van der Waals surface area contributed by atoms with Crippen molar-refractivity contribution in [3.63, 3.8) is 0 Å². The minimum Gasteiger partial charge on any atom is -0.398 e. The first-order valence-corrected chi connectivity index (χ1v) is 8.29. The summed E-state index contributed by atoms with van der Waals surface area (Å²) in [6, 6.07) is 9.35. The number of rotatable bonds is 5. The number of thiophene rings is 1. The monoisotopic (exact) mass is 296 g/mol. The molecule has 2 aromatic rings. The molecular weight excluding hydrogens is 280 g/mol. The fourth-order valence-electron chi connectivity index (χ4n) is 1.61. The van der Waals surface area contributed by atoms with Crippen LogP contribution >= 0.6 is 11.3 Å². The quantitative estimate of drug-likeness (QED) is 0.889. The third-order valence-corrected chi connectivity index (χ3v) is 5.62. The predicted octanol–water partition coefficient (Wildman–Crippen LogP) is 2.37. The first kappa shape index (κ1) is 14.0. The largest absolute Gasteiger partial charge is 0.398 e. The molecule has 4 nitrogen and oxygen atoms in total. The van der Waals surface area contributed by atoms with E-state index in [9.17, 15) is 8.42 Å². The molecule has 0 radical (unpaired) electrons. The van der Waals surface area contributed by atoms with Crippen LogP contribution in [0.3, 0.4) is 0 Å². The van der Waals surface area contributed by atoms with Gasteiger partial charge in [-0.2, -0.15) is 0 Å². The van der Waals surface area contributed by atoms with Crippen LogP contribution in [0.25, 0.3) is 0 Å². The lowest BCUT2D eigenvalue weighted by molar-refractivity contribution is 0.583. The van der Waals surface area contributed by atoms with E-state index in [2.05, 4.69) is 11.6 Å². The van der Waals surface area contributed by atoms with Gasteiger partial charge < -0.3 is 5.73 Å². The van der Waals surface area contributed by atoms with Crippen molar-refractivity contribution in [1.29, 1.82) is 0 Å². The van der Waals surface area contributed by atoms with Crippen LogP contribution in [0.1, 0.15) is 18.1 Å². The Labute approximate surface area is 117 Å². The summed E-state index contributed by atoms with van der Waals surface area (Å²) < 4.78 is 26.8. The number of benzene rings is 1. The van der Waals surface area contributed by atoms with Gasteiger partial charge in [0.05, 0.1) is 0 Å². The lowest BCUT2D eigenvalue weighted by Gasteiger charge is -2.05. The Morgan fingerprint density at radius 3 is 2.37 bits per heavy atom. The molecule has 1 aromatic heterocycles. The summed E-state index contributed by atoms with van der Waals surface area (Å²) in [5.41, 5.74) is 8.17. The summed E-state index contributed by atoms with van der Waals surface area (Å²) in [5, 5.41) is 1.62. The highest BCUT2D eigenvalue weighted by molar-refractivity contribution is 7.91. The maximum atomic E-state index is 12.0. The van der Waals surface area contributed by atoms with Crippen molar-refractivity contribution in [2.24, 2.45) is 0 Å². The fourth-order valence-corrected chi connectivity index (χ4v) is 3.76. The topological polar surface area (TPSA) is 72.2 Å². The summed E-state index contributed by atoms with van der Waals surface area (Å²) >= 11 is 1.12. The van der Waals surface area contributed by atoms with E-state index in [-0.39, 0.29) is 10.8 Å². The minimum atomic E-state index is -3.46. The van der Waals surface area contributed by atoms with E-state index in [1.54, 1.807) is 5.38 Å². The number of nitrogens with one attached hydrogen (secondary N) is 1. The van der Waals surface area contributed by atoms with Crippen LogP contribution < -0.4 is 10.5 Å². The molecule has 0 aliphatic rings. The van der Waals surface area contributed by atoms with Gasteiger partial charge in [-0.05, 0) is 23.6 Å². The van der Waals surface area contributed by atoms with E-state index in [0.717, 1.165) is 23.3 Å². The molecule has 0 amide bonds. The molecule has 6 heteroatoms. The molecule has 0 bridgehead atoms. The van der Waals surface area contributed by atoms with Crippen molar-refractivity contribution in [1.82, 2.24) is 4.72 Å². The first-order valence-electron chi connectivity index (χ1n) is 5.93. The Morgan fingerprint density at radius 2 is 1.84 bits per heavy atom.